The first kappa shape index (κ1) is 14.3. The number of carbonyl (C=O) groups is 2. The van der Waals surface area contributed by atoms with Crippen molar-refractivity contribution >= 4 is 33.8 Å². The number of carbonyl (C=O) groups excluding carboxylic acids is 2. The molecule has 1 heterocycles. The minimum absolute atomic E-state index is 0.203. The molecule has 4 heteroatoms. The van der Waals surface area contributed by atoms with Gasteiger partial charge in [0.2, 0.25) is 11.8 Å². The molecule has 0 saturated carbocycles. The van der Waals surface area contributed by atoms with E-state index in [1.165, 1.54) is 0 Å². The Morgan fingerprint density at radius 1 is 1.18 bits per heavy atom. The summed E-state index contributed by atoms with van der Waals surface area (Å²) in [5, 5.41) is 7.79. The van der Waals surface area contributed by atoms with Gasteiger partial charge >= 0.3 is 0 Å². The van der Waals surface area contributed by atoms with Gasteiger partial charge in [-0.3, -0.25) is 14.9 Å². The maximum Gasteiger partial charge on any atom is 0.249 e. The van der Waals surface area contributed by atoms with Gasteiger partial charge in [-0.05, 0) is 30.4 Å². The molecule has 1 saturated heterocycles. The van der Waals surface area contributed by atoms with Crippen molar-refractivity contribution in [1.29, 1.82) is 0 Å². The average Bonchev–Trinajstić information content (AvgIpc) is 2.50. The van der Waals surface area contributed by atoms with Crippen molar-refractivity contribution in [3.8, 4) is 0 Å². The van der Waals surface area contributed by atoms with E-state index in [4.69, 9.17) is 0 Å². The quantitative estimate of drug-likeness (QED) is 0.855. The summed E-state index contributed by atoms with van der Waals surface area (Å²) in [7, 11) is 0. The van der Waals surface area contributed by atoms with Crippen LogP contribution in [0.5, 0.6) is 0 Å². The predicted molar refractivity (Wildman–Crippen MR) is 88.5 cm³/mol. The van der Waals surface area contributed by atoms with Crippen molar-refractivity contribution in [3.05, 3.63) is 48.5 Å². The van der Waals surface area contributed by atoms with Crippen LogP contribution in [0.4, 0.5) is 5.69 Å². The smallest absolute Gasteiger partial charge is 0.249 e. The molecule has 1 aliphatic rings. The summed E-state index contributed by atoms with van der Waals surface area (Å²) in [6.45, 7) is 6.00. The number of fused-ring (bicyclic) bond motifs is 1. The van der Waals surface area contributed by atoms with Crippen LogP contribution in [0.3, 0.4) is 0 Å². The van der Waals surface area contributed by atoms with Gasteiger partial charge in [-0.15, -0.1) is 0 Å². The molecule has 1 fully saturated rings. The first-order chi connectivity index (χ1) is 10.6. The van der Waals surface area contributed by atoms with Crippen molar-refractivity contribution in [1.82, 2.24) is 5.32 Å². The second-order valence-corrected chi connectivity index (χ2v) is 5.63. The standard InChI is InChI=1S/C18H18N2O2/c1-11(2)12-7-8-15(14-6-4-3-5-13(12)14)19-16-9-10-17(21)20-18(16)22/h3-8,16,19H,1,9-10H2,2H3,(H,20,21,22). The Hall–Kier alpha value is -2.62. The Morgan fingerprint density at radius 2 is 1.91 bits per heavy atom. The molecule has 2 N–H and O–H groups in total. The molecule has 4 nitrogen and oxygen atoms in total. The summed E-state index contributed by atoms with van der Waals surface area (Å²) < 4.78 is 0. The van der Waals surface area contributed by atoms with Crippen molar-refractivity contribution in [3.63, 3.8) is 0 Å². The number of nitrogens with one attached hydrogen (secondary N) is 2. The number of rotatable bonds is 3. The van der Waals surface area contributed by atoms with E-state index in [1.54, 1.807) is 0 Å². The maximum atomic E-state index is 11.9. The summed E-state index contributed by atoms with van der Waals surface area (Å²) in [5.74, 6) is -0.463. The van der Waals surface area contributed by atoms with Crippen LogP contribution in [0.2, 0.25) is 0 Å². The highest BCUT2D eigenvalue weighted by Crippen LogP contribution is 2.30. The zero-order valence-corrected chi connectivity index (χ0v) is 12.5. The third-order valence-corrected chi connectivity index (χ3v) is 3.95. The van der Waals surface area contributed by atoms with Crippen LogP contribution in [-0.4, -0.2) is 17.9 Å². The van der Waals surface area contributed by atoms with Crippen molar-refractivity contribution in [2.24, 2.45) is 0 Å². The van der Waals surface area contributed by atoms with E-state index in [2.05, 4.69) is 23.3 Å². The van der Waals surface area contributed by atoms with E-state index < -0.39 is 0 Å². The number of piperidine rings is 1. The average molecular weight is 294 g/mol. The number of benzene rings is 2. The molecule has 1 atom stereocenters. The lowest BCUT2D eigenvalue weighted by molar-refractivity contribution is -0.133. The minimum Gasteiger partial charge on any atom is -0.373 e. The van der Waals surface area contributed by atoms with E-state index >= 15 is 0 Å². The molecule has 2 amide bonds. The molecule has 3 rings (SSSR count). The summed E-state index contributed by atoms with van der Waals surface area (Å²) in [4.78, 5) is 23.1. The van der Waals surface area contributed by atoms with Crippen LogP contribution in [0, 0.1) is 0 Å². The fourth-order valence-corrected chi connectivity index (χ4v) is 2.82. The second kappa shape index (κ2) is 5.64. The van der Waals surface area contributed by atoms with Crippen LogP contribution >= 0.6 is 0 Å². The Bertz CT molecular complexity index is 780. The molecule has 0 aromatic heterocycles. The summed E-state index contributed by atoms with van der Waals surface area (Å²) in [6.07, 6.45) is 0.881. The van der Waals surface area contributed by atoms with E-state index in [9.17, 15) is 9.59 Å². The largest absolute Gasteiger partial charge is 0.373 e. The van der Waals surface area contributed by atoms with Crippen molar-refractivity contribution in [2.75, 3.05) is 5.32 Å². The second-order valence-electron chi connectivity index (χ2n) is 5.63. The van der Waals surface area contributed by atoms with Gasteiger partial charge in [0, 0.05) is 17.5 Å². The van der Waals surface area contributed by atoms with Crippen LogP contribution in [0.25, 0.3) is 16.3 Å². The lowest BCUT2D eigenvalue weighted by Crippen LogP contribution is -2.47. The SMILES string of the molecule is C=C(C)c1ccc(NC2CCC(=O)NC2=O)c2ccccc12. The first-order valence-electron chi connectivity index (χ1n) is 7.34. The number of hydrogen-bond acceptors (Lipinski definition) is 3. The Labute approximate surface area is 129 Å². The van der Waals surface area contributed by atoms with E-state index in [-0.39, 0.29) is 17.9 Å². The minimum atomic E-state index is -0.378. The van der Waals surface area contributed by atoms with Crippen LogP contribution < -0.4 is 10.6 Å². The van der Waals surface area contributed by atoms with Gasteiger partial charge in [-0.25, -0.2) is 0 Å². The molecular weight excluding hydrogens is 276 g/mol. The molecular formula is C18H18N2O2. The van der Waals surface area contributed by atoms with Crippen LogP contribution in [0.1, 0.15) is 25.3 Å². The van der Waals surface area contributed by atoms with Gasteiger partial charge in [-0.2, -0.15) is 0 Å². The highest BCUT2D eigenvalue weighted by Gasteiger charge is 2.26. The number of amides is 2. The van der Waals surface area contributed by atoms with Gasteiger partial charge < -0.3 is 5.32 Å². The van der Waals surface area contributed by atoms with E-state index in [0.717, 1.165) is 27.6 Å². The third kappa shape index (κ3) is 2.60. The highest BCUT2D eigenvalue weighted by atomic mass is 16.2. The molecule has 0 radical (unpaired) electrons. The normalized spacial score (nSPS) is 18.1. The first-order valence-corrected chi connectivity index (χ1v) is 7.34. The summed E-state index contributed by atoms with van der Waals surface area (Å²) >= 11 is 0. The number of imide groups is 1. The number of anilines is 1. The summed E-state index contributed by atoms with van der Waals surface area (Å²) in [5.41, 5.74) is 3.00. The molecule has 22 heavy (non-hydrogen) atoms. The van der Waals surface area contributed by atoms with Gasteiger partial charge in [0.05, 0.1) is 0 Å². The van der Waals surface area contributed by atoms with Gasteiger partial charge in [0.25, 0.3) is 0 Å². The van der Waals surface area contributed by atoms with Crippen molar-refractivity contribution in [2.45, 2.75) is 25.8 Å². The van der Waals surface area contributed by atoms with Gasteiger partial charge in [0.1, 0.15) is 6.04 Å². The molecule has 0 spiro atoms. The summed E-state index contributed by atoms with van der Waals surface area (Å²) in [6, 6.07) is 11.6. The third-order valence-electron chi connectivity index (χ3n) is 3.95. The molecule has 1 aliphatic heterocycles. The zero-order chi connectivity index (χ0) is 15.7. The molecule has 112 valence electrons. The Kier molecular flexibility index (Phi) is 3.67. The maximum absolute atomic E-state index is 11.9. The fraction of sp³-hybridized carbons (Fsp3) is 0.222. The van der Waals surface area contributed by atoms with Gasteiger partial charge in [-0.1, -0.05) is 42.5 Å². The molecule has 2 aromatic carbocycles. The monoisotopic (exact) mass is 294 g/mol. The van der Waals surface area contributed by atoms with Crippen LogP contribution in [-0.2, 0) is 9.59 Å². The van der Waals surface area contributed by atoms with Crippen LogP contribution in [0.15, 0.2) is 43.0 Å². The Morgan fingerprint density at radius 3 is 2.59 bits per heavy atom. The Balaban J connectivity index is 1.98. The molecule has 0 aliphatic carbocycles. The van der Waals surface area contributed by atoms with Gasteiger partial charge in [0.15, 0.2) is 0 Å². The molecule has 0 bridgehead atoms. The van der Waals surface area contributed by atoms with Crippen molar-refractivity contribution < 1.29 is 9.59 Å². The number of allylic oxidation sites excluding steroid dienone is 1. The van der Waals surface area contributed by atoms with E-state index in [1.807, 2.05) is 37.3 Å². The zero-order valence-electron chi connectivity index (χ0n) is 12.5. The molecule has 2 aromatic rings. The van der Waals surface area contributed by atoms with E-state index in [0.29, 0.717) is 12.8 Å². The lowest BCUT2D eigenvalue weighted by atomic mass is 9.98. The molecule has 1 unspecified atom stereocenters. The lowest BCUT2D eigenvalue weighted by Gasteiger charge is -2.24. The number of hydrogen-bond donors (Lipinski definition) is 2. The fourth-order valence-electron chi connectivity index (χ4n) is 2.82. The predicted octanol–water partition coefficient (Wildman–Crippen LogP) is 3.09. The highest BCUT2D eigenvalue weighted by molar-refractivity contribution is 6.04. The topological polar surface area (TPSA) is 58.2 Å².